The van der Waals surface area contributed by atoms with Gasteiger partial charge in [-0.3, -0.25) is 4.79 Å². The summed E-state index contributed by atoms with van der Waals surface area (Å²) >= 11 is 0. The van der Waals surface area contributed by atoms with E-state index in [4.69, 9.17) is 5.11 Å². The summed E-state index contributed by atoms with van der Waals surface area (Å²) in [5.41, 5.74) is 0.877. The second kappa shape index (κ2) is 9.57. The summed E-state index contributed by atoms with van der Waals surface area (Å²) in [6.45, 7) is 3.36. The molecule has 0 aromatic heterocycles. The number of urea groups is 1. The summed E-state index contributed by atoms with van der Waals surface area (Å²) in [4.78, 5) is 25.4. The molecule has 2 unspecified atom stereocenters. The van der Waals surface area contributed by atoms with Crippen LogP contribution in [0.3, 0.4) is 0 Å². The highest BCUT2D eigenvalue weighted by molar-refractivity contribution is 5.75. The first-order valence-electron chi connectivity index (χ1n) is 9.40. The molecule has 1 heterocycles. The lowest BCUT2D eigenvalue weighted by Gasteiger charge is -2.28. The third kappa shape index (κ3) is 5.73. The minimum absolute atomic E-state index is 0.0220. The van der Waals surface area contributed by atoms with Gasteiger partial charge in [0.15, 0.2) is 0 Å². The van der Waals surface area contributed by atoms with Crippen LogP contribution in [0.15, 0.2) is 30.3 Å². The summed E-state index contributed by atoms with van der Waals surface area (Å²) < 4.78 is 0. The number of amides is 2. The van der Waals surface area contributed by atoms with Gasteiger partial charge in [-0.15, -0.1) is 0 Å². The van der Waals surface area contributed by atoms with E-state index in [0.717, 1.165) is 24.8 Å². The number of benzene rings is 1. The lowest BCUT2D eigenvalue weighted by atomic mass is 9.83. The average molecular weight is 362 g/mol. The molecule has 1 aliphatic rings. The number of carbonyl (C=O) groups excluding carboxylic acids is 1. The first-order chi connectivity index (χ1) is 12.5. The van der Waals surface area contributed by atoms with Crippen LogP contribution in [0.1, 0.15) is 44.6 Å². The second-order valence-corrected chi connectivity index (χ2v) is 7.35. The van der Waals surface area contributed by atoms with E-state index >= 15 is 0 Å². The van der Waals surface area contributed by atoms with E-state index in [0.29, 0.717) is 25.9 Å². The van der Waals surface area contributed by atoms with Crippen molar-refractivity contribution in [1.29, 1.82) is 0 Å². The fourth-order valence-electron chi connectivity index (χ4n) is 3.74. The zero-order valence-corrected chi connectivity index (χ0v) is 15.5. The molecule has 2 atom stereocenters. The Morgan fingerprint density at radius 3 is 2.65 bits per heavy atom. The van der Waals surface area contributed by atoms with Crippen LogP contribution < -0.4 is 5.32 Å². The molecule has 1 saturated heterocycles. The monoisotopic (exact) mass is 362 g/mol. The molecular formula is C20H30N2O4. The summed E-state index contributed by atoms with van der Waals surface area (Å²) in [5.74, 6) is -0.860. The highest BCUT2D eigenvalue weighted by atomic mass is 16.4. The fraction of sp³-hybridized carbons (Fsp3) is 0.600. The number of hydrogen-bond donors (Lipinski definition) is 3. The van der Waals surface area contributed by atoms with Gasteiger partial charge < -0.3 is 20.4 Å². The largest absolute Gasteiger partial charge is 0.481 e. The number of carboxylic acid groups (broad SMARTS) is 1. The number of nitrogens with one attached hydrogen (secondary N) is 1. The van der Waals surface area contributed by atoms with Crippen LogP contribution in [0.5, 0.6) is 0 Å². The fourth-order valence-corrected chi connectivity index (χ4v) is 3.74. The van der Waals surface area contributed by atoms with Gasteiger partial charge in [0.05, 0.1) is 6.61 Å². The summed E-state index contributed by atoms with van der Waals surface area (Å²) in [6, 6.07) is 9.37. The van der Waals surface area contributed by atoms with Gasteiger partial charge in [0.1, 0.15) is 0 Å². The number of aliphatic carboxylic acids is 1. The highest BCUT2D eigenvalue weighted by Crippen LogP contribution is 2.34. The van der Waals surface area contributed by atoms with Crippen LogP contribution in [-0.4, -0.2) is 52.9 Å². The zero-order chi connectivity index (χ0) is 19.0. The van der Waals surface area contributed by atoms with Crippen molar-refractivity contribution < 1.29 is 19.8 Å². The van der Waals surface area contributed by atoms with Crippen LogP contribution in [0, 0.1) is 5.41 Å². The molecule has 1 fully saturated rings. The van der Waals surface area contributed by atoms with Gasteiger partial charge in [-0.2, -0.15) is 0 Å². The van der Waals surface area contributed by atoms with Crippen molar-refractivity contribution in [2.24, 2.45) is 5.41 Å². The van der Waals surface area contributed by atoms with Crippen molar-refractivity contribution in [2.45, 2.75) is 51.5 Å². The van der Waals surface area contributed by atoms with E-state index in [2.05, 4.69) is 12.2 Å². The van der Waals surface area contributed by atoms with Crippen molar-refractivity contribution in [3.63, 3.8) is 0 Å². The molecule has 6 nitrogen and oxygen atoms in total. The number of carbonyl (C=O) groups is 2. The summed E-state index contributed by atoms with van der Waals surface area (Å²) in [6.07, 6.45) is 3.71. The average Bonchev–Trinajstić information content (AvgIpc) is 3.06. The molecule has 3 N–H and O–H groups in total. The Morgan fingerprint density at radius 2 is 2.04 bits per heavy atom. The van der Waals surface area contributed by atoms with Gasteiger partial charge in [0, 0.05) is 31.0 Å². The molecule has 2 amide bonds. The van der Waals surface area contributed by atoms with E-state index in [1.165, 1.54) is 0 Å². The highest BCUT2D eigenvalue weighted by Gasteiger charge is 2.39. The van der Waals surface area contributed by atoms with Crippen LogP contribution in [0.2, 0.25) is 0 Å². The predicted molar refractivity (Wildman–Crippen MR) is 100.0 cm³/mol. The normalized spacial score (nSPS) is 20.8. The van der Waals surface area contributed by atoms with Crippen LogP contribution in [0.25, 0.3) is 0 Å². The number of carboxylic acids is 1. The molecule has 0 bridgehead atoms. The van der Waals surface area contributed by atoms with E-state index < -0.39 is 5.97 Å². The SMILES string of the molecule is CCCC1(CO)CCN(C(=O)NC(CCC(=O)O)Cc2ccccc2)C1. The molecule has 0 aliphatic carbocycles. The van der Waals surface area contributed by atoms with E-state index in [9.17, 15) is 14.7 Å². The molecule has 0 spiro atoms. The van der Waals surface area contributed by atoms with Crippen LogP contribution in [-0.2, 0) is 11.2 Å². The third-order valence-corrected chi connectivity index (χ3v) is 5.20. The number of likely N-dealkylation sites (tertiary alicyclic amines) is 1. The molecule has 1 aromatic carbocycles. The van der Waals surface area contributed by atoms with Crippen molar-refractivity contribution in [2.75, 3.05) is 19.7 Å². The Kier molecular flexibility index (Phi) is 7.45. The first-order valence-corrected chi connectivity index (χ1v) is 9.40. The van der Waals surface area contributed by atoms with Crippen molar-refractivity contribution in [3.8, 4) is 0 Å². The van der Waals surface area contributed by atoms with Crippen molar-refractivity contribution in [3.05, 3.63) is 35.9 Å². The van der Waals surface area contributed by atoms with Crippen LogP contribution in [0.4, 0.5) is 4.79 Å². The Bertz CT molecular complexity index is 593. The molecule has 26 heavy (non-hydrogen) atoms. The smallest absolute Gasteiger partial charge is 0.317 e. The quantitative estimate of drug-likeness (QED) is 0.630. The van der Waals surface area contributed by atoms with Gasteiger partial charge in [-0.05, 0) is 31.2 Å². The molecule has 0 saturated carbocycles. The van der Waals surface area contributed by atoms with E-state index in [1.54, 1.807) is 4.90 Å². The summed E-state index contributed by atoms with van der Waals surface area (Å²) in [7, 11) is 0. The maximum Gasteiger partial charge on any atom is 0.317 e. The number of hydrogen-bond acceptors (Lipinski definition) is 3. The van der Waals surface area contributed by atoms with Gasteiger partial charge in [0.2, 0.25) is 0 Å². The van der Waals surface area contributed by atoms with Crippen molar-refractivity contribution >= 4 is 12.0 Å². The Hall–Kier alpha value is -2.08. The van der Waals surface area contributed by atoms with Crippen molar-refractivity contribution in [1.82, 2.24) is 10.2 Å². The maximum atomic E-state index is 12.7. The number of rotatable bonds is 9. The maximum absolute atomic E-state index is 12.7. The molecular weight excluding hydrogens is 332 g/mol. The zero-order valence-electron chi connectivity index (χ0n) is 15.5. The minimum atomic E-state index is -0.860. The Balaban J connectivity index is 1.98. The number of nitrogens with zero attached hydrogens (tertiary/aromatic N) is 1. The van der Waals surface area contributed by atoms with E-state index in [-0.39, 0.29) is 30.5 Å². The molecule has 1 aromatic rings. The molecule has 0 radical (unpaired) electrons. The summed E-state index contributed by atoms with van der Waals surface area (Å²) in [5, 5.41) is 21.7. The lowest BCUT2D eigenvalue weighted by molar-refractivity contribution is -0.137. The minimum Gasteiger partial charge on any atom is -0.481 e. The van der Waals surface area contributed by atoms with Gasteiger partial charge in [-0.25, -0.2) is 4.79 Å². The molecule has 6 heteroatoms. The number of aliphatic hydroxyl groups is 1. The molecule has 1 aliphatic heterocycles. The Morgan fingerprint density at radius 1 is 1.31 bits per heavy atom. The van der Waals surface area contributed by atoms with Gasteiger partial charge >= 0.3 is 12.0 Å². The third-order valence-electron chi connectivity index (χ3n) is 5.20. The standard InChI is InChI=1S/C20H30N2O4/c1-2-10-20(15-23)11-12-22(14-20)19(26)21-17(8-9-18(24)25)13-16-6-4-3-5-7-16/h3-7,17,23H,2,8-15H2,1H3,(H,21,26)(H,24,25). The topological polar surface area (TPSA) is 89.9 Å². The number of aliphatic hydroxyl groups excluding tert-OH is 1. The predicted octanol–water partition coefficient (Wildman–Crippen LogP) is 2.66. The second-order valence-electron chi connectivity index (χ2n) is 7.35. The Labute approximate surface area is 155 Å². The van der Waals surface area contributed by atoms with Gasteiger partial charge in [-0.1, -0.05) is 43.7 Å². The van der Waals surface area contributed by atoms with Crippen LogP contribution >= 0.6 is 0 Å². The lowest BCUT2D eigenvalue weighted by Crippen LogP contribution is -2.46. The van der Waals surface area contributed by atoms with E-state index in [1.807, 2.05) is 30.3 Å². The molecule has 144 valence electrons. The van der Waals surface area contributed by atoms with Gasteiger partial charge in [0.25, 0.3) is 0 Å². The molecule has 2 rings (SSSR count). The first kappa shape index (κ1) is 20.2.